The van der Waals surface area contributed by atoms with Gasteiger partial charge in [-0.25, -0.2) is 5.01 Å². The van der Waals surface area contributed by atoms with Crippen molar-refractivity contribution < 1.29 is 18.3 Å². The van der Waals surface area contributed by atoms with Gasteiger partial charge in [-0.05, 0) is 13.0 Å². The molecule has 0 radical (unpaired) electrons. The normalized spacial score (nSPS) is 25.3. The molecule has 1 aliphatic heterocycles. The SMILES string of the molecule is CC1C=C(O)NN1CC(F)(F)F. The Bertz CT molecular complexity index is 201. The van der Waals surface area contributed by atoms with E-state index in [1.165, 1.54) is 6.08 Å². The van der Waals surface area contributed by atoms with Gasteiger partial charge in [-0.2, -0.15) is 13.2 Å². The number of hydrogen-bond donors (Lipinski definition) is 2. The molecule has 12 heavy (non-hydrogen) atoms. The number of nitrogens with zero attached hydrogens (tertiary/aromatic N) is 1. The molecule has 0 bridgehead atoms. The van der Waals surface area contributed by atoms with E-state index in [0.29, 0.717) is 0 Å². The largest absolute Gasteiger partial charge is 0.494 e. The van der Waals surface area contributed by atoms with Crippen molar-refractivity contribution in [1.82, 2.24) is 10.4 Å². The highest BCUT2D eigenvalue weighted by atomic mass is 19.4. The molecule has 0 aromatic rings. The topological polar surface area (TPSA) is 35.5 Å². The first-order valence-electron chi connectivity index (χ1n) is 3.39. The van der Waals surface area contributed by atoms with E-state index in [1.807, 2.05) is 0 Å². The Balaban J connectivity index is 2.48. The number of alkyl halides is 3. The van der Waals surface area contributed by atoms with Gasteiger partial charge in [0, 0.05) is 0 Å². The monoisotopic (exact) mass is 182 g/mol. The molecule has 1 unspecified atom stereocenters. The number of halogens is 3. The molecule has 3 nitrogen and oxygen atoms in total. The molecule has 0 fully saturated rings. The summed E-state index contributed by atoms with van der Waals surface area (Å²) >= 11 is 0. The molecule has 0 aliphatic carbocycles. The Morgan fingerprint density at radius 1 is 1.67 bits per heavy atom. The molecule has 1 atom stereocenters. The van der Waals surface area contributed by atoms with E-state index in [0.717, 1.165) is 5.01 Å². The van der Waals surface area contributed by atoms with Crippen LogP contribution in [0.4, 0.5) is 13.2 Å². The van der Waals surface area contributed by atoms with Gasteiger partial charge in [-0.1, -0.05) is 0 Å². The molecule has 70 valence electrons. The van der Waals surface area contributed by atoms with Crippen LogP contribution in [0.25, 0.3) is 0 Å². The van der Waals surface area contributed by atoms with E-state index >= 15 is 0 Å². The molecular formula is C6H9F3N2O. The van der Waals surface area contributed by atoms with Gasteiger partial charge in [0.05, 0.1) is 6.04 Å². The predicted molar refractivity (Wildman–Crippen MR) is 36.1 cm³/mol. The lowest BCUT2D eigenvalue weighted by atomic mass is 10.3. The van der Waals surface area contributed by atoms with Gasteiger partial charge in [-0.3, -0.25) is 5.43 Å². The van der Waals surface area contributed by atoms with E-state index in [9.17, 15) is 13.2 Å². The van der Waals surface area contributed by atoms with Gasteiger partial charge in [0.2, 0.25) is 0 Å². The van der Waals surface area contributed by atoms with Crippen LogP contribution in [0.15, 0.2) is 12.0 Å². The third-order valence-corrected chi connectivity index (χ3v) is 1.50. The number of aliphatic hydroxyl groups excluding tert-OH is 1. The van der Waals surface area contributed by atoms with Crippen molar-refractivity contribution in [2.75, 3.05) is 6.54 Å². The summed E-state index contributed by atoms with van der Waals surface area (Å²) < 4.78 is 35.5. The first-order chi connectivity index (χ1) is 5.38. The zero-order valence-electron chi connectivity index (χ0n) is 6.39. The molecule has 0 aromatic heterocycles. The average molecular weight is 182 g/mol. The summed E-state index contributed by atoms with van der Waals surface area (Å²) in [7, 11) is 0. The quantitative estimate of drug-likeness (QED) is 0.638. The molecule has 0 saturated carbocycles. The Labute approximate surface area is 67.4 Å². The summed E-state index contributed by atoms with van der Waals surface area (Å²) in [5.41, 5.74) is 2.19. The second kappa shape index (κ2) is 2.85. The van der Waals surface area contributed by atoms with Crippen LogP contribution >= 0.6 is 0 Å². The maximum atomic E-state index is 11.8. The lowest BCUT2D eigenvalue weighted by molar-refractivity contribution is -0.153. The van der Waals surface area contributed by atoms with E-state index in [4.69, 9.17) is 5.11 Å². The highest BCUT2D eigenvalue weighted by Gasteiger charge is 2.34. The van der Waals surface area contributed by atoms with Crippen LogP contribution in [0.2, 0.25) is 0 Å². The van der Waals surface area contributed by atoms with Crippen molar-refractivity contribution in [3.63, 3.8) is 0 Å². The maximum Gasteiger partial charge on any atom is 0.403 e. The second-order valence-electron chi connectivity index (χ2n) is 2.65. The molecule has 0 spiro atoms. The number of hydrazine groups is 1. The van der Waals surface area contributed by atoms with Crippen LogP contribution in [-0.2, 0) is 0 Å². The van der Waals surface area contributed by atoms with Gasteiger partial charge in [0.25, 0.3) is 0 Å². The standard InChI is InChI=1S/C6H9F3N2O/c1-4-2-5(12)10-11(4)3-6(7,8)9/h2,4,10,12H,3H2,1H3. The van der Waals surface area contributed by atoms with Gasteiger partial charge in [0.15, 0.2) is 5.88 Å². The van der Waals surface area contributed by atoms with E-state index in [-0.39, 0.29) is 5.88 Å². The van der Waals surface area contributed by atoms with Crippen molar-refractivity contribution in [3.05, 3.63) is 12.0 Å². The van der Waals surface area contributed by atoms with Crippen LogP contribution in [0.1, 0.15) is 6.92 Å². The molecule has 1 heterocycles. The summed E-state index contributed by atoms with van der Waals surface area (Å²) in [4.78, 5) is 0. The van der Waals surface area contributed by atoms with Gasteiger partial charge >= 0.3 is 6.18 Å². The van der Waals surface area contributed by atoms with Gasteiger partial charge in [-0.15, -0.1) is 0 Å². The number of rotatable bonds is 1. The lowest BCUT2D eigenvalue weighted by Crippen LogP contribution is -2.43. The third kappa shape index (κ3) is 2.30. The van der Waals surface area contributed by atoms with Crippen LogP contribution in [-0.4, -0.2) is 28.9 Å². The van der Waals surface area contributed by atoms with E-state index in [2.05, 4.69) is 5.43 Å². The average Bonchev–Trinajstić information content (AvgIpc) is 2.06. The highest BCUT2D eigenvalue weighted by molar-refractivity contribution is 5.02. The summed E-state index contributed by atoms with van der Waals surface area (Å²) in [5, 5.41) is 9.72. The minimum Gasteiger partial charge on any atom is -0.494 e. The van der Waals surface area contributed by atoms with E-state index < -0.39 is 18.8 Å². The van der Waals surface area contributed by atoms with Crippen LogP contribution in [0, 0.1) is 0 Å². The van der Waals surface area contributed by atoms with Gasteiger partial charge < -0.3 is 5.11 Å². The van der Waals surface area contributed by atoms with Crippen molar-refractivity contribution in [2.45, 2.75) is 19.1 Å². The first kappa shape index (κ1) is 9.18. The predicted octanol–water partition coefficient (Wildman–Crippen LogP) is 1.16. The Morgan fingerprint density at radius 2 is 2.25 bits per heavy atom. The summed E-state index contributed by atoms with van der Waals surface area (Å²) in [6, 6.07) is -0.438. The van der Waals surface area contributed by atoms with Crippen LogP contribution in [0.5, 0.6) is 0 Å². The smallest absolute Gasteiger partial charge is 0.403 e. The molecule has 1 rings (SSSR count). The van der Waals surface area contributed by atoms with Crippen molar-refractivity contribution in [3.8, 4) is 0 Å². The fourth-order valence-electron chi connectivity index (χ4n) is 0.981. The van der Waals surface area contributed by atoms with Crippen molar-refractivity contribution in [1.29, 1.82) is 0 Å². The lowest BCUT2D eigenvalue weighted by Gasteiger charge is -2.22. The minimum atomic E-state index is -4.25. The molecule has 2 N–H and O–H groups in total. The summed E-state index contributed by atoms with van der Waals surface area (Å²) in [5.74, 6) is -0.230. The van der Waals surface area contributed by atoms with Crippen molar-refractivity contribution >= 4 is 0 Å². The van der Waals surface area contributed by atoms with Gasteiger partial charge in [0.1, 0.15) is 6.54 Å². The minimum absolute atomic E-state index is 0.230. The van der Waals surface area contributed by atoms with Crippen molar-refractivity contribution in [2.24, 2.45) is 0 Å². The third-order valence-electron chi connectivity index (χ3n) is 1.50. The Kier molecular flexibility index (Phi) is 2.18. The number of nitrogens with one attached hydrogen (secondary N) is 1. The molecule has 1 aliphatic rings. The molecule has 0 saturated heterocycles. The summed E-state index contributed by atoms with van der Waals surface area (Å²) in [6.07, 6.45) is -2.94. The first-order valence-corrected chi connectivity index (χ1v) is 3.39. The number of hydrogen-bond acceptors (Lipinski definition) is 3. The molecule has 0 amide bonds. The van der Waals surface area contributed by atoms with Crippen LogP contribution in [0.3, 0.4) is 0 Å². The Hall–Kier alpha value is -0.910. The highest BCUT2D eigenvalue weighted by Crippen LogP contribution is 2.19. The second-order valence-corrected chi connectivity index (χ2v) is 2.65. The molecule has 0 aromatic carbocycles. The zero-order valence-corrected chi connectivity index (χ0v) is 6.39. The van der Waals surface area contributed by atoms with E-state index in [1.54, 1.807) is 6.92 Å². The fraction of sp³-hybridized carbons (Fsp3) is 0.667. The number of aliphatic hydroxyl groups is 1. The molecule has 6 heteroatoms. The maximum absolute atomic E-state index is 11.8. The Morgan fingerprint density at radius 3 is 2.58 bits per heavy atom. The molecular weight excluding hydrogens is 173 g/mol. The fourth-order valence-corrected chi connectivity index (χ4v) is 0.981. The van der Waals surface area contributed by atoms with Crippen LogP contribution < -0.4 is 5.43 Å². The zero-order chi connectivity index (χ0) is 9.35. The summed E-state index contributed by atoms with van der Waals surface area (Å²) in [6.45, 7) is 0.483.